The van der Waals surface area contributed by atoms with E-state index in [0.717, 1.165) is 10.7 Å². The zero-order valence-electron chi connectivity index (χ0n) is 10.3. The van der Waals surface area contributed by atoms with Gasteiger partial charge in [0.2, 0.25) is 0 Å². The lowest BCUT2D eigenvalue weighted by Gasteiger charge is -2.18. The zero-order valence-corrected chi connectivity index (χ0v) is 11.8. The van der Waals surface area contributed by atoms with Gasteiger partial charge < -0.3 is 5.32 Å². The highest BCUT2D eigenvalue weighted by atomic mass is 35.5. The van der Waals surface area contributed by atoms with Gasteiger partial charge in [-0.2, -0.15) is 0 Å². The molecule has 0 aliphatic carbocycles. The summed E-state index contributed by atoms with van der Waals surface area (Å²) in [5.41, 5.74) is 3.55. The van der Waals surface area contributed by atoms with Crippen molar-refractivity contribution < 1.29 is 0 Å². The van der Waals surface area contributed by atoms with Gasteiger partial charge in [0.25, 0.3) is 0 Å². The van der Waals surface area contributed by atoms with E-state index in [4.69, 9.17) is 11.6 Å². The van der Waals surface area contributed by atoms with Gasteiger partial charge in [0.05, 0.1) is 16.8 Å². The molecule has 0 saturated carbocycles. The van der Waals surface area contributed by atoms with E-state index in [9.17, 15) is 0 Å². The molecule has 90 valence electrons. The monoisotopic (exact) mass is 265 g/mol. The van der Waals surface area contributed by atoms with Crippen LogP contribution in [0.2, 0.25) is 5.02 Å². The van der Waals surface area contributed by atoms with E-state index < -0.39 is 0 Å². The molecular formula is C14H16ClNS. The van der Waals surface area contributed by atoms with Crippen molar-refractivity contribution in [2.24, 2.45) is 0 Å². The minimum Gasteiger partial charge on any atom is -0.376 e. The fraction of sp³-hybridized carbons (Fsp3) is 0.286. The van der Waals surface area contributed by atoms with Gasteiger partial charge in [-0.15, -0.1) is 11.3 Å². The highest BCUT2D eigenvalue weighted by molar-refractivity contribution is 7.10. The van der Waals surface area contributed by atoms with Crippen molar-refractivity contribution in [3.8, 4) is 0 Å². The van der Waals surface area contributed by atoms with Crippen molar-refractivity contribution in [2.45, 2.75) is 26.8 Å². The first-order valence-electron chi connectivity index (χ1n) is 5.65. The van der Waals surface area contributed by atoms with Crippen LogP contribution in [0.3, 0.4) is 0 Å². The predicted octanol–water partition coefficient (Wildman–Crippen LogP) is 5.19. The Morgan fingerprint density at radius 3 is 2.53 bits per heavy atom. The van der Waals surface area contributed by atoms with Crippen LogP contribution in [0.4, 0.5) is 5.69 Å². The van der Waals surface area contributed by atoms with E-state index >= 15 is 0 Å². The molecule has 0 fully saturated rings. The first kappa shape index (κ1) is 12.5. The SMILES string of the molecule is Cc1ccsc1C(C)Nc1c(C)cccc1Cl. The van der Waals surface area contributed by atoms with Crippen LogP contribution in [-0.4, -0.2) is 0 Å². The molecule has 0 saturated heterocycles. The van der Waals surface area contributed by atoms with Crippen LogP contribution in [0.25, 0.3) is 0 Å². The molecule has 0 radical (unpaired) electrons. The molecule has 1 N–H and O–H groups in total. The quantitative estimate of drug-likeness (QED) is 0.805. The Morgan fingerprint density at radius 2 is 1.94 bits per heavy atom. The molecule has 1 aromatic carbocycles. The van der Waals surface area contributed by atoms with Crippen molar-refractivity contribution in [1.82, 2.24) is 0 Å². The number of nitrogens with one attached hydrogen (secondary N) is 1. The maximum atomic E-state index is 6.22. The van der Waals surface area contributed by atoms with Crippen LogP contribution in [0.5, 0.6) is 0 Å². The maximum absolute atomic E-state index is 6.22. The van der Waals surface area contributed by atoms with Gasteiger partial charge in [0.1, 0.15) is 0 Å². The lowest BCUT2D eigenvalue weighted by Crippen LogP contribution is -2.07. The summed E-state index contributed by atoms with van der Waals surface area (Å²) in [6.45, 7) is 6.38. The topological polar surface area (TPSA) is 12.0 Å². The molecule has 1 atom stereocenters. The number of anilines is 1. The summed E-state index contributed by atoms with van der Waals surface area (Å²) in [5, 5.41) is 6.41. The number of hydrogen-bond acceptors (Lipinski definition) is 2. The molecule has 1 unspecified atom stereocenters. The average molecular weight is 266 g/mol. The van der Waals surface area contributed by atoms with E-state index in [0.29, 0.717) is 0 Å². The third-order valence-corrected chi connectivity index (χ3v) is 4.39. The summed E-state index contributed by atoms with van der Waals surface area (Å²) < 4.78 is 0. The normalized spacial score (nSPS) is 12.5. The van der Waals surface area contributed by atoms with Crippen molar-refractivity contribution in [3.05, 3.63) is 50.7 Å². The summed E-state index contributed by atoms with van der Waals surface area (Å²) >= 11 is 8.00. The molecular weight excluding hydrogens is 250 g/mol. The average Bonchev–Trinajstić information content (AvgIpc) is 2.70. The molecule has 0 amide bonds. The van der Waals surface area contributed by atoms with Crippen LogP contribution in [0, 0.1) is 13.8 Å². The van der Waals surface area contributed by atoms with Crippen LogP contribution >= 0.6 is 22.9 Å². The van der Waals surface area contributed by atoms with Crippen LogP contribution in [-0.2, 0) is 0 Å². The number of benzene rings is 1. The highest BCUT2D eigenvalue weighted by Gasteiger charge is 2.12. The first-order valence-corrected chi connectivity index (χ1v) is 6.91. The first-order chi connectivity index (χ1) is 8.09. The van der Waals surface area contributed by atoms with Gasteiger partial charge in [0.15, 0.2) is 0 Å². The number of rotatable bonds is 3. The number of aryl methyl sites for hydroxylation is 2. The van der Waals surface area contributed by atoms with Gasteiger partial charge in [-0.3, -0.25) is 0 Å². The van der Waals surface area contributed by atoms with Gasteiger partial charge in [0, 0.05) is 4.88 Å². The Bertz CT molecular complexity index is 498. The molecule has 2 rings (SSSR count). The van der Waals surface area contributed by atoms with E-state index in [2.05, 4.69) is 43.6 Å². The van der Waals surface area contributed by atoms with Crippen molar-refractivity contribution in [1.29, 1.82) is 0 Å². The van der Waals surface area contributed by atoms with Crippen LogP contribution < -0.4 is 5.32 Å². The largest absolute Gasteiger partial charge is 0.376 e. The third-order valence-electron chi connectivity index (χ3n) is 2.88. The van der Waals surface area contributed by atoms with Gasteiger partial charge in [-0.25, -0.2) is 0 Å². The van der Waals surface area contributed by atoms with E-state index in [1.165, 1.54) is 16.0 Å². The lowest BCUT2D eigenvalue weighted by atomic mass is 10.1. The maximum Gasteiger partial charge on any atom is 0.0640 e. The molecule has 1 aromatic heterocycles. The fourth-order valence-electron chi connectivity index (χ4n) is 1.92. The Morgan fingerprint density at radius 1 is 1.18 bits per heavy atom. The minimum absolute atomic E-state index is 0.286. The van der Waals surface area contributed by atoms with Crippen LogP contribution in [0.15, 0.2) is 29.6 Å². The smallest absolute Gasteiger partial charge is 0.0640 e. The Hall–Kier alpha value is -0.990. The second-order valence-electron chi connectivity index (χ2n) is 4.27. The lowest BCUT2D eigenvalue weighted by molar-refractivity contribution is 0.897. The summed E-state index contributed by atoms with van der Waals surface area (Å²) in [6.07, 6.45) is 0. The third kappa shape index (κ3) is 2.64. The Balaban J connectivity index is 2.25. The summed E-state index contributed by atoms with van der Waals surface area (Å²) in [4.78, 5) is 1.37. The molecule has 0 spiro atoms. The number of para-hydroxylation sites is 1. The number of hydrogen-bond donors (Lipinski definition) is 1. The zero-order chi connectivity index (χ0) is 12.4. The molecule has 0 bridgehead atoms. The summed E-state index contributed by atoms with van der Waals surface area (Å²) in [5.74, 6) is 0. The van der Waals surface area contributed by atoms with E-state index in [1.54, 1.807) is 11.3 Å². The summed E-state index contributed by atoms with van der Waals surface area (Å²) in [7, 11) is 0. The van der Waals surface area contributed by atoms with Gasteiger partial charge >= 0.3 is 0 Å². The van der Waals surface area contributed by atoms with Crippen LogP contribution in [0.1, 0.15) is 29.0 Å². The minimum atomic E-state index is 0.286. The highest BCUT2D eigenvalue weighted by Crippen LogP contribution is 2.31. The standard InChI is InChI=1S/C14H16ClNS/c1-9-5-4-6-12(15)13(9)16-11(3)14-10(2)7-8-17-14/h4-8,11,16H,1-3H3. The molecule has 3 heteroatoms. The van der Waals surface area contributed by atoms with Gasteiger partial charge in [-0.1, -0.05) is 23.7 Å². The van der Waals surface area contributed by atoms with Crippen molar-refractivity contribution in [3.63, 3.8) is 0 Å². The summed E-state index contributed by atoms with van der Waals surface area (Å²) in [6, 6.07) is 8.41. The molecule has 1 heterocycles. The molecule has 0 aliphatic heterocycles. The second-order valence-corrected chi connectivity index (χ2v) is 5.62. The number of thiophene rings is 1. The van der Waals surface area contributed by atoms with E-state index in [-0.39, 0.29) is 6.04 Å². The van der Waals surface area contributed by atoms with Crippen molar-refractivity contribution >= 4 is 28.6 Å². The Kier molecular flexibility index (Phi) is 3.75. The predicted molar refractivity (Wildman–Crippen MR) is 77.3 cm³/mol. The Labute approximate surface area is 111 Å². The fourth-order valence-corrected chi connectivity index (χ4v) is 3.14. The molecule has 17 heavy (non-hydrogen) atoms. The second kappa shape index (κ2) is 5.11. The van der Waals surface area contributed by atoms with E-state index in [1.807, 2.05) is 12.1 Å². The van der Waals surface area contributed by atoms with Crippen molar-refractivity contribution in [2.75, 3.05) is 5.32 Å². The van der Waals surface area contributed by atoms with Gasteiger partial charge in [-0.05, 0) is 49.4 Å². The molecule has 2 aromatic rings. The number of halogens is 1. The molecule has 0 aliphatic rings. The molecule has 1 nitrogen and oxygen atoms in total.